The van der Waals surface area contributed by atoms with Gasteiger partial charge in [-0.2, -0.15) is 4.98 Å². The molecule has 1 aromatic heterocycles. The van der Waals surface area contributed by atoms with Crippen molar-refractivity contribution in [3.05, 3.63) is 11.8 Å². The van der Waals surface area contributed by atoms with Gasteiger partial charge in [0.1, 0.15) is 5.82 Å². The molecule has 1 aliphatic rings. The predicted molar refractivity (Wildman–Crippen MR) is 67.3 cm³/mol. The Kier molecular flexibility index (Phi) is 3.75. The average molecular weight is 237 g/mol. The van der Waals surface area contributed by atoms with Gasteiger partial charge in [-0.15, -0.1) is 0 Å². The number of rotatable bonds is 3. The van der Waals surface area contributed by atoms with Gasteiger partial charge in [0, 0.05) is 38.4 Å². The lowest BCUT2D eigenvalue weighted by atomic mass is 10.2. The summed E-state index contributed by atoms with van der Waals surface area (Å²) in [6.07, 6.45) is 0.0945. The quantitative estimate of drug-likeness (QED) is 0.770. The molecule has 0 amide bonds. The molecule has 0 aromatic carbocycles. The van der Waals surface area contributed by atoms with Crippen LogP contribution in [0.2, 0.25) is 0 Å². The van der Waals surface area contributed by atoms with Crippen molar-refractivity contribution in [1.29, 1.82) is 0 Å². The smallest absolute Gasteiger partial charge is 0.224 e. The lowest BCUT2D eigenvalue weighted by Gasteiger charge is -2.33. The number of nitrogens with zero attached hydrogens (tertiary/aromatic N) is 3. The SMILES string of the molecule is CNc1nc(C)cc(N2CCO[C@H](CN)C2)n1. The summed E-state index contributed by atoms with van der Waals surface area (Å²) in [5, 5.41) is 2.97. The van der Waals surface area contributed by atoms with Crippen LogP contribution in [0.4, 0.5) is 11.8 Å². The van der Waals surface area contributed by atoms with E-state index in [1.54, 1.807) is 0 Å². The largest absolute Gasteiger partial charge is 0.373 e. The van der Waals surface area contributed by atoms with Crippen LogP contribution in [0.3, 0.4) is 0 Å². The second-order valence-electron chi connectivity index (χ2n) is 4.12. The van der Waals surface area contributed by atoms with Gasteiger partial charge >= 0.3 is 0 Å². The zero-order valence-corrected chi connectivity index (χ0v) is 10.3. The highest BCUT2D eigenvalue weighted by molar-refractivity contribution is 5.45. The van der Waals surface area contributed by atoms with Crippen LogP contribution in [0.25, 0.3) is 0 Å². The van der Waals surface area contributed by atoms with Crippen LogP contribution >= 0.6 is 0 Å². The van der Waals surface area contributed by atoms with Crippen molar-refractivity contribution in [2.24, 2.45) is 5.73 Å². The molecule has 0 saturated carbocycles. The van der Waals surface area contributed by atoms with Crippen molar-refractivity contribution in [3.63, 3.8) is 0 Å². The zero-order chi connectivity index (χ0) is 12.3. The van der Waals surface area contributed by atoms with Gasteiger partial charge in [0.05, 0.1) is 12.7 Å². The number of nitrogens with one attached hydrogen (secondary N) is 1. The van der Waals surface area contributed by atoms with E-state index in [1.807, 2.05) is 20.0 Å². The van der Waals surface area contributed by atoms with Crippen LogP contribution in [0.15, 0.2) is 6.07 Å². The number of aryl methyl sites for hydroxylation is 1. The summed E-state index contributed by atoms with van der Waals surface area (Å²) in [5.41, 5.74) is 6.59. The zero-order valence-electron chi connectivity index (χ0n) is 10.3. The molecule has 1 atom stereocenters. The first-order valence-corrected chi connectivity index (χ1v) is 5.83. The van der Waals surface area contributed by atoms with Crippen molar-refractivity contribution in [2.75, 3.05) is 43.5 Å². The molecule has 0 unspecified atom stereocenters. The second-order valence-corrected chi connectivity index (χ2v) is 4.12. The normalized spacial score (nSPS) is 20.4. The van der Waals surface area contributed by atoms with E-state index in [0.717, 1.165) is 24.6 Å². The molecule has 1 fully saturated rings. The Morgan fingerprint density at radius 3 is 3.12 bits per heavy atom. The number of hydrogen-bond acceptors (Lipinski definition) is 6. The summed E-state index contributed by atoms with van der Waals surface area (Å²) in [5.74, 6) is 1.58. The van der Waals surface area contributed by atoms with Crippen LogP contribution in [0.1, 0.15) is 5.69 Å². The van der Waals surface area contributed by atoms with E-state index < -0.39 is 0 Å². The first-order chi connectivity index (χ1) is 8.22. The second kappa shape index (κ2) is 5.29. The Labute approximate surface area is 101 Å². The topological polar surface area (TPSA) is 76.3 Å². The molecule has 0 aliphatic carbocycles. The van der Waals surface area contributed by atoms with Crippen molar-refractivity contribution < 1.29 is 4.74 Å². The number of ether oxygens (including phenoxy) is 1. The first-order valence-electron chi connectivity index (χ1n) is 5.83. The third-order valence-electron chi connectivity index (χ3n) is 2.79. The molecule has 2 heterocycles. The van der Waals surface area contributed by atoms with E-state index in [1.165, 1.54) is 0 Å². The molecule has 1 aromatic rings. The molecule has 94 valence electrons. The van der Waals surface area contributed by atoms with Crippen molar-refractivity contribution in [2.45, 2.75) is 13.0 Å². The van der Waals surface area contributed by atoms with Crippen LogP contribution in [0.5, 0.6) is 0 Å². The highest BCUT2D eigenvalue weighted by atomic mass is 16.5. The lowest BCUT2D eigenvalue weighted by molar-refractivity contribution is 0.0463. The van der Waals surface area contributed by atoms with E-state index in [2.05, 4.69) is 20.2 Å². The van der Waals surface area contributed by atoms with Gasteiger partial charge in [-0.05, 0) is 6.92 Å². The van der Waals surface area contributed by atoms with Gasteiger partial charge < -0.3 is 20.7 Å². The molecule has 1 saturated heterocycles. The van der Waals surface area contributed by atoms with Gasteiger partial charge in [0.25, 0.3) is 0 Å². The Morgan fingerprint density at radius 1 is 1.59 bits per heavy atom. The van der Waals surface area contributed by atoms with Gasteiger partial charge in [-0.25, -0.2) is 4.98 Å². The molecule has 0 radical (unpaired) electrons. The summed E-state index contributed by atoms with van der Waals surface area (Å²) in [4.78, 5) is 10.9. The van der Waals surface area contributed by atoms with Crippen LogP contribution in [-0.2, 0) is 4.74 Å². The van der Waals surface area contributed by atoms with Gasteiger partial charge in [0.2, 0.25) is 5.95 Å². The standard InChI is InChI=1S/C11H19N5O/c1-8-5-10(15-11(13-2)14-8)16-3-4-17-9(6-12)7-16/h5,9H,3-4,6-7,12H2,1-2H3,(H,13,14,15)/t9-/m1/s1. The maximum absolute atomic E-state index is 5.63. The number of anilines is 2. The van der Waals surface area contributed by atoms with Crippen molar-refractivity contribution in [3.8, 4) is 0 Å². The number of nitrogens with two attached hydrogens (primary N) is 1. The third-order valence-corrected chi connectivity index (χ3v) is 2.79. The van der Waals surface area contributed by atoms with Gasteiger partial charge in [-0.3, -0.25) is 0 Å². The molecule has 2 rings (SSSR count). The van der Waals surface area contributed by atoms with Crippen molar-refractivity contribution >= 4 is 11.8 Å². The van der Waals surface area contributed by atoms with E-state index >= 15 is 0 Å². The molecule has 1 aliphatic heterocycles. The minimum Gasteiger partial charge on any atom is -0.373 e. The Balaban J connectivity index is 2.18. The first kappa shape index (κ1) is 12.1. The molecule has 0 spiro atoms. The summed E-state index contributed by atoms with van der Waals surface area (Å²) < 4.78 is 5.54. The fourth-order valence-electron chi connectivity index (χ4n) is 1.90. The van der Waals surface area contributed by atoms with Gasteiger partial charge in [0.15, 0.2) is 0 Å². The molecule has 6 heteroatoms. The molecular formula is C11H19N5O. The van der Waals surface area contributed by atoms with E-state index in [9.17, 15) is 0 Å². The Morgan fingerprint density at radius 2 is 2.41 bits per heavy atom. The maximum Gasteiger partial charge on any atom is 0.224 e. The predicted octanol–water partition coefficient (Wildman–Crippen LogP) is -0.00938. The molecular weight excluding hydrogens is 218 g/mol. The summed E-state index contributed by atoms with van der Waals surface area (Å²) in [7, 11) is 1.82. The summed E-state index contributed by atoms with van der Waals surface area (Å²) >= 11 is 0. The minimum absolute atomic E-state index is 0.0945. The van der Waals surface area contributed by atoms with Crippen LogP contribution in [0, 0.1) is 6.92 Å². The highest BCUT2D eigenvalue weighted by Gasteiger charge is 2.20. The minimum atomic E-state index is 0.0945. The Hall–Kier alpha value is -1.40. The van der Waals surface area contributed by atoms with Crippen LogP contribution in [-0.4, -0.2) is 49.4 Å². The molecule has 6 nitrogen and oxygen atoms in total. The number of morpholine rings is 1. The number of aromatic nitrogens is 2. The average Bonchev–Trinajstić information content (AvgIpc) is 2.38. The molecule has 17 heavy (non-hydrogen) atoms. The van der Waals surface area contributed by atoms with Gasteiger partial charge in [-0.1, -0.05) is 0 Å². The van der Waals surface area contributed by atoms with Crippen LogP contribution < -0.4 is 16.0 Å². The third kappa shape index (κ3) is 2.83. The summed E-state index contributed by atoms with van der Waals surface area (Å²) in [6, 6.07) is 1.99. The van der Waals surface area contributed by atoms with E-state index in [4.69, 9.17) is 10.5 Å². The maximum atomic E-state index is 5.63. The fraction of sp³-hybridized carbons (Fsp3) is 0.636. The fourth-order valence-corrected chi connectivity index (χ4v) is 1.90. The molecule has 0 bridgehead atoms. The number of hydrogen-bond donors (Lipinski definition) is 2. The molecule has 3 N–H and O–H groups in total. The van der Waals surface area contributed by atoms with E-state index in [0.29, 0.717) is 19.1 Å². The van der Waals surface area contributed by atoms with Crippen molar-refractivity contribution in [1.82, 2.24) is 9.97 Å². The van der Waals surface area contributed by atoms with E-state index in [-0.39, 0.29) is 6.10 Å². The Bertz CT molecular complexity index is 384. The highest BCUT2D eigenvalue weighted by Crippen LogP contribution is 2.17. The summed E-state index contributed by atoms with van der Waals surface area (Å²) in [6.45, 7) is 4.83. The monoisotopic (exact) mass is 237 g/mol. The lowest BCUT2D eigenvalue weighted by Crippen LogP contribution is -2.46.